The Kier molecular flexibility index (Phi) is 3.33. The minimum Gasteiger partial charge on any atom is -0.397 e. The van der Waals surface area contributed by atoms with E-state index < -0.39 is 0 Å². The second kappa shape index (κ2) is 5.15. The van der Waals surface area contributed by atoms with Crippen molar-refractivity contribution in [2.24, 2.45) is 0 Å². The van der Waals surface area contributed by atoms with Crippen LogP contribution in [0.2, 0.25) is 5.15 Å². The largest absolute Gasteiger partial charge is 0.397 e. The van der Waals surface area contributed by atoms with Gasteiger partial charge in [-0.05, 0) is 19.1 Å². The lowest BCUT2D eigenvalue weighted by Crippen LogP contribution is -2.00. The van der Waals surface area contributed by atoms with Gasteiger partial charge in [0.1, 0.15) is 21.5 Å². The van der Waals surface area contributed by atoms with Crippen molar-refractivity contribution in [3.63, 3.8) is 0 Å². The molecule has 3 heterocycles. The van der Waals surface area contributed by atoms with Crippen molar-refractivity contribution in [1.82, 2.24) is 19.9 Å². The van der Waals surface area contributed by atoms with Crippen LogP contribution in [0.3, 0.4) is 0 Å². The van der Waals surface area contributed by atoms with Gasteiger partial charge in [-0.1, -0.05) is 11.6 Å². The minimum absolute atomic E-state index is 0.312. The maximum Gasteiger partial charge on any atom is 0.148 e. The molecule has 2 N–H and O–H groups in total. The molecule has 0 amide bonds. The Morgan fingerprint density at radius 1 is 1.15 bits per heavy atom. The predicted molar refractivity (Wildman–Crippen MR) is 80.5 cm³/mol. The monoisotopic (exact) mass is 303 g/mol. The standard InChI is InChI=1S/C13H10ClN5S/c1-7-11(19-10(14)6-17-7)12-8(15)2-3-9(18-12)13-16-4-5-20-13/h2-6H,15H2,1H3. The van der Waals surface area contributed by atoms with E-state index in [1.807, 2.05) is 18.4 Å². The van der Waals surface area contributed by atoms with E-state index in [2.05, 4.69) is 19.9 Å². The number of nitrogen functional groups attached to an aromatic ring is 1. The van der Waals surface area contributed by atoms with E-state index in [9.17, 15) is 0 Å². The van der Waals surface area contributed by atoms with Gasteiger partial charge in [0.2, 0.25) is 0 Å². The Hall–Kier alpha value is -2.05. The molecular weight excluding hydrogens is 294 g/mol. The molecule has 5 nitrogen and oxygen atoms in total. The van der Waals surface area contributed by atoms with E-state index in [0.717, 1.165) is 16.4 Å². The second-order valence-electron chi connectivity index (χ2n) is 4.10. The average Bonchev–Trinajstić information content (AvgIpc) is 2.96. The molecule has 0 saturated heterocycles. The molecule has 0 atom stereocenters. The van der Waals surface area contributed by atoms with Gasteiger partial charge < -0.3 is 5.73 Å². The van der Waals surface area contributed by atoms with Crippen LogP contribution in [0.5, 0.6) is 0 Å². The molecule has 0 bridgehead atoms. The first-order valence-electron chi connectivity index (χ1n) is 5.81. The normalized spacial score (nSPS) is 10.7. The molecular formula is C13H10ClN5S. The zero-order valence-electron chi connectivity index (χ0n) is 10.5. The zero-order valence-corrected chi connectivity index (χ0v) is 12.1. The van der Waals surface area contributed by atoms with Crippen LogP contribution in [0, 0.1) is 6.92 Å². The number of nitrogens with zero attached hydrogens (tertiary/aromatic N) is 4. The Balaban J connectivity index is 2.18. The lowest BCUT2D eigenvalue weighted by atomic mass is 10.2. The lowest BCUT2D eigenvalue weighted by Gasteiger charge is -2.08. The van der Waals surface area contributed by atoms with Crippen LogP contribution in [-0.2, 0) is 0 Å². The van der Waals surface area contributed by atoms with Gasteiger partial charge in [0.25, 0.3) is 0 Å². The molecule has 0 aliphatic heterocycles. The molecule has 7 heteroatoms. The Bertz CT molecular complexity index is 757. The van der Waals surface area contributed by atoms with Gasteiger partial charge in [-0.25, -0.2) is 15.0 Å². The molecule has 0 unspecified atom stereocenters. The van der Waals surface area contributed by atoms with E-state index in [1.54, 1.807) is 12.3 Å². The van der Waals surface area contributed by atoms with E-state index in [1.165, 1.54) is 17.5 Å². The molecule has 3 rings (SSSR count). The van der Waals surface area contributed by atoms with Crippen molar-refractivity contribution in [2.45, 2.75) is 6.92 Å². The fourth-order valence-electron chi connectivity index (χ4n) is 1.78. The molecule has 100 valence electrons. The highest BCUT2D eigenvalue weighted by atomic mass is 35.5. The first-order chi connectivity index (χ1) is 9.65. The first kappa shape index (κ1) is 13.0. The zero-order chi connectivity index (χ0) is 14.1. The number of nitrogens with two attached hydrogens (primary N) is 1. The van der Waals surface area contributed by atoms with Crippen LogP contribution in [0.15, 0.2) is 29.9 Å². The summed E-state index contributed by atoms with van der Waals surface area (Å²) in [7, 11) is 0. The van der Waals surface area contributed by atoms with Crippen molar-refractivity contribution >= 4 is 28.6 Å². The SMILES string of the molecule is Cc1ncc(Cl)nc1-c1nc(-c2nccs2)ccc1N. The fourth-order valence-corrected chi connectivity index (χ4v) is 2.52. The Morgan fingerprint density at radius 2 is 2.00 bits per heavy atom. The molecule has 0 saturated carbocycles. The number of hydrogen-bond donors (Lipinski definition) is 1. The number of thiazole rings is 1. The third-order valence-corrected chi connectivity index (χ3v) is 3.71. The summed E-state index contributed by atoms with van der Waals surface area (Å²) in [4.78, 5) is 17.2. The number of hydrogen-bond acceptors (Lipinski definition) is 6. The summed E-state index contributed by atoms with van der Waals surface area (Å²) in [5.74, 6) is 0. The van der Waals surface area contributed by atoms with Crippen molar-refractivity contribution in [3.05, 3.63) is 40.8 Å². The summed E-state index contributed by atoms with van der Waals surface area (Å²) >= 11 is 7.42. The molecule has 3 aromatic heterocycles. The summed E-state index contributed by atoms with van der Waals surface area (Å²) in [6.45, 7) is 1.84. The number of aromatic nitrogens is 4. The van der Waals surface area contributed by atoms with Crippen molar-refractivity contribution in [3.8, 4) is 22.1 Å². The third-order valence-electron chi connectivity index (χ3n) is 2.73. The highest BCUT2D eigenvalue weighted by Gasteiger charge is 2.13. The van der Waals surface area contributed by atoms with Crippen LogP contribution in [0.4, 0.5) is 5.69 Å². The lowest BCUT2D eigenvalue weighted by molar-refractivity contribution is 1.11. The third kappa shape index (κ3) is 2.35. The molecule has 0 aliphatic rings. The van der Waals surface area contributed by atoms with E-state index in [-0.39, 0.29) is 0 Å². The smallest absolute Gasteiger partial charge is 0.148 e. The van der Waals surface area contributed by atoms with Gasteiger partial charge in [-0.3, -0.25) is 4.98 Å². The Labute approximate surface area is 124 Å². The molecule has 0 aliphatic carbocycles. The van der Waals surface area contributed by atoms with E-state index in [0.29, 0.717) is 22.2 Å². The quantitative estimate of drug-likeness (QED) is 0.786. The number of anilines is 1. The summed E-state index contributed by atoms with van der Waals surface area (Å²) in [6.07, 6.45) is 3.24. The summed E-state index contributed by atoms with van der Waals surface area (Å²) < 4.78 is 0. The molecule has 3 aromatic rings. The van der Waals surface area contributed by atoms with Crippen LogP contribution in [-0.4, -0.2) is 19.9 Å². The van der Waals surface area contributed by atoms with Gasteiger partial charge in [0.15, 0.2) is 0 Å². The molecule has 20 heavy (non-hydrogen) atoms. The van der Waals surface area contributed by atoms with Crippen LogP contribution < -0.4 is 5.73 Å². The van der Waals surface area contributed by atoms with Crippen molar-refractivity contribution in [2.75, 3.05) is 5.73 Å². The van der Waals surface area contributed by atoms with Gasteiger partial charge >= 0.3 is 0 Å². The predicted octanol–water partition coefficient (Wildman–Crippen LogP) is 3.21. The Morgan fingerprint density at radius 3 is 2.75 bits per heavy atom. The summed E-state index contributed by atoms with van der Waals surface area (Å²) in [5, 5.41) is 3.04. The first-order valence-corrected chi connectivity index (χ1v) is 7.07. The number of halogens is 1. The summed E-state index contributed by atoms with van der Waals surface area (Å²) in [6, 6.07) is 3.63. The minimum atomic E-state index is 0.312. The number of pyridine rings is 1. The maximum absolute atomic E-state index is 6.00. The van der Waals surface area contributed by atoms with Gasteiger partial charge in [0.05, 0.1) is 23.3 Å². The highest BCUT2D eigenvalue weighted by molar-refractivity contribution is 7.13. The number of aryl methyl sites for hydroxylation is 1. The summed E-state index contributed by atoms with van der Waals surface area (Å²) in [5.41, 5.74) is 9.18. The average molecular weight is 304 g/mol. The second-order valence-corrected chi connectivity index (χ2v) is 5.38. The molecule has 0 spiro atoms. The van der Waals surface area contributed by atoms with Gasteiger partial charge in [-0.2, -0.15) is 0 Å². The molecule has 0 aromatic carbocycles. The topological polar surface area (TPSA) is 77.6 Å². The van der Waals surface area contributed by atoms with Crippen LogP contribution in [0.1, 0.15) is 5.69 Å². The van der Waals surface area contributed by atoms with Gasteiger partial charge in [-0.15, -0.1) is 11.3 Å². The van der Waals surface area contributed by atoms with Gasteiger partial charge in [0, 0.05) is 11.6 Å². The van der Waals surface area contributed by atoms with Crippen LogP contribution in [0.25, 0.3) is 22.1 Å². The number of rotatable bonds is 2. The van der Waals surface area contributed by atoms with Crippen molar-refractivity contribution in [1.29, 1.82) is 0 Å². The van der Waals surface area contributed by atoms with Crippen LogP contribution >= 0.6 is 22.9 Å². The highest BCUT2D eigenvalue weighted by Crippen LogP contribution is 2.29. The molecule has 0 fully saturated rings. The van der Waals surface area contributed by atoms with E-state index in [4.69, 9.17) is 17.3 Å². The van der Waals surface area contributed by atoms with E-state index >= 15 is 0 Å². The maximum atomic E-state index is 6.00. The van der Waals surface area contributed by atoms with Crippen molar-refractivity contribution < 1.29 is 0 Å². The fraction of sp³-hybridized carbons (Fsp3) is 0.0769. The molecule has 0 radical (unpaired) electrons.